The first-order valence-electron chi connectivity index (χ1n) is 9.17. The second kappa shape index (κ2) is 4.87. The van der Waals surface area contributed by atoms with Crippen LogP contribution in [-0.2, 0) is 14.3 Å². The molecule has 2 fully saturated rings. The van der Waals surface area contributed by atoms with E-state index in [4.69, 9.17) is 9.47 Å². The second-order valence-corrected chi connectivity index (χ2v) is 9.25. The Labute approximate surface area is 143 Å². The fourth-order valence-electron chi connectivity index (χ4n) is 6.23. The van der Waals surface area contributed by atoms with Crippen LogP contribution in [0.5, 0.6) is 0 Å². The highest BCUT2D eigenvalue weighted by atomic mass is 16.6. The first kappa shape index (κ1) is 16.2. The summed E-state index contributed by atoms with van der Waals surface area (Å²) in [5.74, 6) is 0.832. The predicted molar refractivity (Wildman–Crippen MR) is 89.7 cm³/mol. The molecule has 2 aliphatic heterocycles. The summed E-state index contributed by atoms with van der Waals surface area (Å²) < 4.78 is 11.3. The predicted octanol–water partition coefficient (Wildman–Crippen LogP) is 3.70. The molecule has 0 saturated heterocycles. The van der Waals surface area contributed by atoms with Crippen LogP contribution in [0.15, 0.2) is 23.5 Å². The van der Waals surface area contributed by atoms with Crippen LogP contribution in [0.1, 0.15) is 59.8 Å². The van der Waals surface area contributed by atoms with Crippen molar-refractivity contribution in [3.63, 3.8) is 0 Å². The minimum absolute atomic E-state index is 0.147. The van der Waals surface area contributed by atoms with Gasteiger partial charge in [0.15, 0.2) is 0 Å². The molecule has 0 radical (unpaired) electrons. The van der Waals surface area contributed by atoms with Gasteiger partial charge in [-0.1, -0.05) is 33.3 Å². The van der Waals surface area contributed by atoms with E-state index in [0.29, 0.717) is 22.7 Å². The molecule has 4 aliphatic rings. The van der Waals surface area contributed by atoms with Crippen LogP contribution in [0.2, 0.25) is 0 Å². The minimum atomic E-state index is -1.21. The third kappa shape index (κ3) is 2.11. The van der Waals surface area contributed by atoms with Gasteiger partial charge in [0, 0.05) is 5.92 Å². The van der Waals surface area contributed by atoms with E-state index < -0.39 is 12.3 Å². The third-order valence-corrected chi connectivity index (χ3v) is 7.29. The van der Waals surface area contributed by atoms with E-state index in [-0.39, 0.29) is 16.9 Å². The van der Waals surface area contributed by atoms with Gasteiger partial charge in [-0.15, -0.1) is 0 Å². The zero-order valence-electron chi connectivity index (χ0n) is 15.1. The molecule has 4 heteroatoms. The maximum absolute atomic E-state index is 11.6. The third-order valence-electron chi connectivity index (χ3n) is 7.29. The Hall–Kier alpha value is -1.29. The van der Waals surface area contributed by atoms with E-state index in [9.17, 15) is 9.90 Å². The molecule has 1 N–H and O–H groups in total. The SMILES string of the molecule is CC1(C)CCC[C@@]2(C)[C@H]1CC[C@]1(C)OC3=CC(=O)OC(O)C3=C[C@@H]21. The summed E-state index contributed by atoms with van der Waals surface area (Å²) in [6.07, 6.45) is 8.15. The number of cyclic esters (lactones) is 1. The highest BCUT2D eigenvalue weighted by molar-refractivity contribution is 5.85. The molecule has 2 saturated carbocycles. The van der Waals surface area contributed by atoms with Crippen molar-refractivity contribution < 1.29 is 19.4 Å². The van der Waals surface area contributed by atoms with Crippen molar-refractivity contribution in [2.75, 3.05) is 0 Å². The summed E-state index contributed by atoms with van der Waals surface area (Å²) in [6, 6.07) is 0. The van der Waals surface area contributed by atoms with Crippen LogP contribution in [0.4, 0.5) is 0 Å². The van der Waals surface area contributed by atoms with Gasteiger partial charge >= 0.3 is 5.97 Å². The maximum atomic E-state index is 11.6. The monoisotopic (exact) mass is 332 g/mol. The molecule has 0 aromatic carbocycles. The van der Waals surface area contributed by atoms with E-state index in [0.717, 1.165) is 12.8 Å². The molecule has 4 rings (SSSR count). The molecule has 0 spiro atoms. The summed E-state index contributed by atoms with van der Waals surface area (Å²) >= 11 is 0. The second-order valence-electron chi connectivity index (χ2n) is 9.25. The van der Waals surface area contributed by atoms with Gasteiger partial charge in [-0.3, -0.25) is 0 Å². The summed E-state index contributed by atoms with van der Waals surface area (Å²) in [7, 11) is 0. The fourth-order valence-corrected chi connectivity index (χ4v) is 6.23. The topological polar surface area (TPSA) is 55.8 Å². The molecule has 24 heavy (non-hydrogen) atoms. The molecule has 1 unspecified atom stereocenters. The van der Waals surface area contributed by atoms with Crippen LogP contribution in [0, 0.1) is 22.7 Å². The number of hydrogen-bond donors (Lipinski definition) is 1. The smallest absolute Gasteiger partial charge is 0.337 e. The summed E-state index contributed by atoms with van der Waals surface area (Å²) in [6.45, 7) is 9.37. The molecule has 0 aromatic rings. The number of rotatable bonds is 0. The van der Waals surface area contributed by atoms with Crippen LogP contribution in [-0.4, -0.2) is 23.0 Å². The number of esters is 1. The molecule has 0 bridgehead atoms. The lowest BCUT2D eigenvalue weighted by molar-refractivity contribution is -0.177. The van der Waals surface area contributed by atoms with Gasteiger partial charge in [0.2, 0.25) is 6.29 Å². The van der Waals surface area contributed by atoms with E-state index >= 15 is 0 Å². The Bertz CT molecular complexity index is 646. The zero-order valence-corrected chi connectivity index (χ0v) is 15.1. The summed E-state index contributed by atoms with van der Waals surface area (Å²) in [4.78, 5) is 11.6. The zero-order chi connectivity index (χ0) is 17.3. The van der Waals surface area contributed by atoms with Crippen LogP contribution in [0.3, 0.4) is 0 Å². The lowest BCUT2D eigenvalue weighted by atomic mass is 9.45. The number of fused-ring (bicyclic) bond motifs is 4. The van der Waals surface area contributed by atoms with Crippen molar-refractivity contribution in [2.45, 2.75) is 71.7 Å². The van der Waals surface area contributed by atoms with E-state index in [1.807, 2.05) is 0 Å². The van der Waals surface area contributed by atoms with Gasteiger partial charge in [-0.25, -0.2) is 4.79 Å². The molecular weight excluding hydrogens is 304 g/mol. The van der Waals surface area contributed by atoms with Gasteiger partial charge < -0.3 is 14.6 Å². The molecule has 5 atom stereocenters. The fraction of sp³-hybridized carbons (Fsp3) is 0.750. The number of ether oxygens (including phenoxy) is 2. The van der Waals surface area contributed by atoms with Crippen LogP contribution < -0.4 is 0 Å². The highest BCUT2D eigenvalue weighted by Gasteiger charge is 2.60. The standard InChI is InChI=1S/C20H28O4/c1-18(2)7-5-8-19(3)14(18)6-9-20(4)15(19)10-12-13(24-20)11-16(21)23-17(12)22/h10-11,14-15,17,22H,5-9H2,1-4H3/t14-,15-,17?,19-,20-/m0/s1. The Morgan fingerprint density at radius 2 is 1.92 bits per heavy atom. The lowest BCUT2D eigenvalue weighted by Gasteiger charge is -2.62. The quantitative estimate of drug-likeness (QED) is 0.687. The molecule has 0 aromatic heterocycles. The number of carbonyl (C=O) groups is 1. The summed E-state index contributed by atoms with van der Waals surface area (Å²) in [5.41, 5.74) is 0.794. The first-order chi connectivity index (χ1) is 11.2. The molecular formula is C20H28O4. The highest BCUT2D eigenvalue weighted by Crippen LogP contribution is 2.64. The van der Waals surface area contributed by atoms with Gasteiger partial charge in [0.05, 0.1) is 11.6 Å². The minimum Gasteiger partial charge on any atom is -0.486 e. The van der Waals surface area contributed by atoms with Crippen molar-refractivity contribution in [3.05, 3.63) is 23.5 Å². The maximum Gasteiger partial charge on any atom is 0.337 e. The Morgan fingerprint density at radius 1 is 1.17 bits per heavy atom. The normalized spacial score (nSPS) is 46.4. The van der Waals surface area contributed by atoms with Gasteiger partial charge in [-0.2, -0.15) is 0 Å². The van der Waals surface area contributed by atoms with Gasteiger partial charge in [0.1, 0.15) is 11.4 Å². The van der Waals surface area contributed by atoms with Crippen LogP contribution in [0.25, 0.3) is 0 Å². The Morgan fingerprint density at radius 3 is 2.67 bits per heavy atom. The molecule has 0 amide bonds. The Kier molecular flexibility index (Phi) is 3.29. The molecule has 2 heterocycles. The van der Waals surface area contributed by atoms with Gasteiger partial charge in [-0.05, 0) is 49.4 Å². The van der Waals surface area contributed by atoms with Crippen molar-refractivity contribution in [1.82, 2.24) is 0 Å². The lowest BCUT2D eigenvalue weighted by Crippen LogP contribution is -2.59. The van der Waals surface area contributed by atoms with Gasteiger partial charge in [0.25, 0.3) is 0 Å². The largest absolute Gasteiger partial charge is 0.486 e. The average Bonchev–Trinajstić information content (AvgIpc) is 2.44. The molecule has 2 aliphatic carbocycles. The molecule has 132 valence electrons. The van der Waals surface area contributed by atoms with E-state index in [1.54, 1.807) is 0 Å². The first-order valence-corrected chi connectivity index (χ1v) is 9.17. The summed E-state index contributed by atoms with van der Waals surface area (Å²) in [5, 5.41) is 10.2. The van der Waals surface area contributed by atoms with Crippen molar-refractivity contribution >= 4 is 5.97 Å². The number of carbonyl (C=O) groups excluding carboxylic acids is 1. The number of aliphatic hydroxyl groups is 1. The van der Waals surface area contributed by atoms with E-state index in [1.165, 1.54) is 25.3 Å². The van der Waals surface area contributed by atoms with Crippen LogP contribution >= 0.6 is 0 Å². The molecule has 4 nitrogen and oxygen atoms in total. The number of aliphatic hydroxyl groups excluding tert-OH is 1. The number of hydrogen-bond acceptors (Lipinski definition) is 4. The van der Waals surface area contributed by atoms with E-state index in [2.05, 4.69) is 33.8 Å². The average molecular weight is 332 g/mol. The van der Waals surface area contributed by atoms with Crippen molar-refractivity contribution in [1.29, 1.82) is 0 Å². The Balaban J connectivity index is 1.81. The van der Waals surface area contributed by atoms with Crippen molar-refractivity contribution in [2.24, 2.45) is 22.7 Å². The van der Waals surface area contributed by atoms with Crippen molar-refractivity contribution in [3.8, 4) is 0 Å².